The molecule has 2 aromatic heterocycles. The van der Waals surface area contributed by atoms with Crippen LogP contribution in [0.3, 0.4) is 0 Å². The maximum Gasteiger partial charge on any atom is 0.364 e. The molecule has 7 nitrogen and oxygen atoms in total. The fourth-order valence-corrected chi connectivity index (χ4v) is 3.31. The Kier molecular flexibility index (Phi) is 5.18. The number of anilines is 1. The van der Waals surface area contributed by atoms with Gasteiger partial charge in [-0.3, -0.25) is 0 Å². The summed E-state index contributed by atoms with van der Waals surface area (Å²) in [4.78, 5) is 18.8. The van der Waals surface area contributed by atoms with Crippen LogP contribution < -0.4 is 15.3 Å². The molecular formula is C23H25N5O2. The molecule has 0 radical (unpaired) electrons. The number of H-pyrrole nitrogens is 1. The Balaban J connectivity index is 1.56. The molecule has 0 aliphatic carbocycles. The molecule has 1 N–H and O–H groups in total. The van der Waals surface area contributed by atoms with Crippen LogP contribution in [0.5, 0.6) is 5.88 Å². The first-order chi connectivity index (χ1) is 14.4. The van der Waals surface area contributed by atoms with Gasteiger partial charge in [0.2, 0.25) is 5.88 Å². The third-order valence-electron chi connectivity index (χ3n) is 5.12. The Bertz CT molecular complexity index is 1220. The summed E-state index contributed by atoms with van der Waals surface area (Å²) in [7, 11) is 5.72. The molecule has 4 aromatic rings. The number of nitrogens with one attached hydrogen (secondary N) is 1. The molecule has 0 spiro atoms. The first-order valence-corrected chi connectivity index (χ1v) is 9.74. The fourth-order valence-electron chi connectivity index (χ4n) is 3.31. The molecule has 7 heteroatoms. The summed E-state index contributed by atoms with van der Waals surface area (Å²) in [6, 6.07) is 19.8. The summed E-state index contributed by atoms with van der Waals surface area (Å²) in [5.74, 6) is 0.540. The van der Waals surface area contributed by atoms with Crippen LogP contribution in [0.2, 0.25) is 0 Å². The van der Waals surface area contributed by atoms with Crippen molar-refractivity contribution in [1.29, 1.82) is 0 Å². The number of nitrogens with zero attached hydrogens (tertiary/aromatic N) is 4. The zero-order valence-corrected chi connectivity index (χ0v) is 17.6. The standard InChI is InChI=1S/C23H25N5O2/c1-16-7-5-9-21(28-23(29)27(4)25-28)19(16)15-30-22-10-6-8-20(24-22)17-11-13-18(14-12-17)26(2)3/h5-14,25H,15H2,1-4H3. The van der Waals surface area contributed by atoms with Crippen molar-refractivity contribution in [2.45, 2.75) is 13.5 Å². The Morgan fingerprint density at radius 2 is 1.77 bits per heavy atom. The minimum Gasteiger partial charge on any atom is -0.473 e. The van der Waals surface area contributed by atoms with Gasteiger partial charge in [-0.1, -0.05) is 30.3 Å². The van der Waals surface area contributed by atoms with E-state index in [2.05, 4.69) is 39.4 Å². The summed E-state index contributed by atoms with van der Waals surface area (Å²) in [6.45, 7) is 2.32. The number of aromatic amines is 1. The van der Waals surface area contributed by atoms with E-state index in [1.54, 1.807) is 7.05 Å². The zero-order chi connectivity index (χ0) is 21.3. The van der Waals surface area contributed by atoms with Gasteiger partial charge in [-0.05, 0) is 36.8 Å². The largest absolute Gasteiger partial charge is 0.473 e. The van der Waals surface area contributed by atoms with E-state index in [-0.39, 0.29) is 5.69 Å². The molecule has 4 rings (SSSR count). The maximum absolute atomic E-state index is 12.1. The van der Waals surface area contributed by atoms with Gasteiger partial charge in [0, 0.05) is 44.0 Å². The van der Waals surface area contributed by atoms with Crippen molar-refractivity contribution in [2.75, 3.05) is 19.0 Å². The summed E-state index contributed by atoms with van der Waals surface area (Å²) in [5.41, 5.74) is 5.68. The molecular weight excluding hydrogens is 378 g/mol. The Morgan fingerprint density at radius 3 is 2.43 bits per heavy atom. The summed E-state index contributed by atoms with van der Waals surface area (Å²) in [5, 5.41) is 2.96. The highest BCUT2D eigenvalue weighted by Crippen LogP contribution is 2.24. The Hall–Kier alpha value is -3.74. The number of ether oxygens (including phenoxy) is 1. The Morgan fingerprint density at radius 1 is 1.03 bits per heavy atom. The van der Waals surface area contributed by atoms with E-state index < -0.39 is 0 Å². The van der Waals surface area contributed by atoms with E-state index in [1.165, 1.54) is 9.36 Å². The van der Waals surface area contributed by atoms with Crippen molar-refractivity contribution in [3.05, 3.63) is 82.3 Å². The number of rotatable bonds is 6. The van der Waals surface area contributed by atoms with Crippen molar-refractivity contribution in [2.24, 2.45) is 7.05 Å². The molecule has 30 heavy (non-hydrogen) atoms. The van der Waals surface area contributed by atoms with Crippen molar-refractivity contribution >= 4 is 5.69 Å². The number of pyridine rings is 1. The summed E-state index contributed by atoms with van der Waals surface area (Å²) in [6.07, 6.45) is 0. The fraction of sp³-hybridized carbons (Fsp3) is 0.217. The average molecular weight is 403 g/mol. The quantitative estimate of drug-likeness (QED) is 0.535. The SMILES string of the molecule is Cc1cccc(-n2[nH]n(C)c2=O)c1COc1cccc(-c2ccc(N(C)C)cc2)n1. The van der Waals surface area contributed by atoms with E-state index in [4.69, 9.17) is 4.74 Å². The Labute approximate surface area is 175 Å². The monoisotopic (exact) mass is 403 g/mol. The lowest BCUT2D eigenvalue weighted by atomic mass is 10.1. The molecule has 0 unspecified atom stereocenters. The molecule has 0 bridgehead atoms. The van der Waals surface area contributed by atoms with Gasteiger partial charge in [0.25, 0.3) is 0 Å². The number of aromatic nitrogens is 4. The van der Waals surface area contributed by atoms with Crippen molar-refractivity contribution < 1.29 is 4.74 Å². The maximum atomic E-state index is 12.1. The molecule has 2 heterocycles. The number of hydrogen-bond donors (Lipinski definition) is 1. The van der Waals surface area contributed by atoms with Crippen LogP contribution in [-0.2, 0) is 13.7 Å². The summed E-state index contributed by atoms with van der Waals surface area (Å²) >= 11 is 0. The smallest absolute Gasteiger partial charge is 0.364 e. The lowest BCUT2D eigenvalue weighted by Crippen LogP contribution is -2.40. The first kappa shape index (κ1) is 19.6. The van der Waals surface area contributed by atoms with Gasteiger partial charge >= 0.3 is 5.69 Å². The lowest BCUT2D eigenvalue weighted by molar-refractivity contribution is 0.292. The molecule has 0 atom stereocenters. The molecule has 154 valence electrons. The second kappa shape index (κ2) is 7.94. The van der Waals surface area contributed by atoms with Crippen LogP contribution in [-0.4, -0.2) is 33.7 Å². The molecule has 0 fully saturated rings. The minimum absolute atomic E-state index is 0.108. The van der Waals surface area contributed by atoms with E-state index in [9.17, 15) is 4.79 Å². The molecule has 0 saturated heterocycles. The van der Waals surface area contributed by atoms with E-state index in [0.29, 0.717) is 12.5 Å². The van der Waals surface area contributed by atoms with Crippen LogP contribution in [0.4, 0.5) is 5.69 Å². The van der Waals surface area contributed by atoms with Gasteiger partial charge in [-0.2, -0.15) is 4.68 Å². The van der Waals surface area contributed by atoms with Gasteiger partial charge in [0.05, 0.1) is 11.4 Å². The molecule has 0 amide bonds. The van der Waals surface area contributed by atoms with Crippen molar-refractivity contribution in [3.63, 3.8) is 0 Å². The first-order valence-electron chi connectivity index (χ1n) is 9.74. The van der Waals surface area contributed by atoms with Gasteiger partial charge in [-0.25, -0.2) is 19.7 Å². The summed E-state index contributed by atoms with van der Waals surface area (Å²) < 4.78 is 8.97. The number of aryl methyl sites for hydroxylation is 2. The molecule has 0 saturated carbocycles. The van der Waals surface area contributed by atoms with Crippen molar-refractivity contribution in [1.82, 2.24) is 19.6 Å². The predicted octanol–water partition coefficient (Wildman–Crippen LogP) is 3.52. The molecule has 0 aliphatic heterocycles. The molecule has 0 aliphatic rings. The van der Waals surface area contributed by atoms with Gasteiger partial charge in [0.1, 0.15) is 6.61 Å². The van der Waals surface area contributed by atoms with Crippen molar-refractivity contribution in [3.8, 4) is 22.8 Å². The second-order valence-electron chi connectivity index (χ2n) is 7.44. The number of benzene rings is 2. The lowest BCUT2D eigenvalue weighted by Gasteiger charge is -2.18. The second-order valence-corrected chi connectivity index (χ2v) is 7.44. The van der Waals surface area contributed by atoms with E-state index in [1.807, 2.05) is 57.4 Å². The highest BCUT2D eigenvalue weighted by atomic mass is 16.5. The molecule has 2 aromatic carbocycles. The van der Waals surface area contributed by atoms with Crippen LogP contribution in [0.1, 0.15) is 11.1 Å². The highest BCUT2D eigenvalue weighted by molar-refractivity contribution is 5.63. The number of hydrogen-bond acceptors (Lipinski definition) is 4. The minimum atomic E-state index is -0.108. The third-order valence-corrected chi connectivity index (χ3v) is 5.12. The van der Waals surface area contributed by atoms with Gasteiger partial charge in [0.15, 0.2) is 0 Å². The average Bonchev–Trinajstić information content (AvgIpc) is 2.76. The predicted molar refractivity (Wildman–Crippen MR) is 118 cm³/mol. The van der Waals surface area contributed by atoms with E-state index >= 15 is 0 Å². The van der Waals surface area contributed by atoms with Crippen LogP contribution in [0.25, 0.3) is 16.9 Å². The van der Waals surface area contributed by atoms with Crippen LogP contribution >= 0.6 is 0 Å². The van der Waals surface area contributed by atoms with E-state index in [0.717, 1.165) is 33.8 Å². The van der Waals surface area contributed by atoms with Crippen LogP contribution in [0, 0.1) is 6.92 Å². The topological polar surface area (TPSA) is 68.1 Å². The normalized spacial score (nSPS) is 10.9. The van der Waals surface area contributed by atoms with Gasteiger partial charge < -0.3 is 9.64 Å². The zero-order valence-electron chi connectivity index (χ0n) is 17.6. The van der Waals surface area contributed by atoms with Gasteiger partial charge in [-0.15, -0.1) is 0 Å². The third kappa shape index (κ3) is 3.74. The van der Waals surface area contributed by atoms with Crippen LogP contribution in [0.15, 0.2) is 65.5 Å². The highest BCUT2D eigenvalue weighted by Gasteiger charge is 2.14.